The van der Waals surface area contributed by atoms with Crippen LogP contribution in [0.5, 0.6) is 23.0 Å². The predicted molar refractivity (Wildman–Crippen MR) is 131 cm³/mol. The number of aryl methyl sites for hydroxylation is 1. The number of nitrogens with one attached hydrogen (secondary N) is 1. The topological polar surface area (TPSA) is 131 Å². The lowest BCUT2D eigenvalue weighted by Crippen LogP contribution is -2.40. The smallest absolute Gasteiger partial charge is 0.293 e. The molecule has 2 aromatic heterocycles. The maximum atomic E-state index is 13.4. The second-order valence-corrected chi connectivity index (χ2v) is 9.10. The van der Waals surface area contributed by atoms with E-state index in [0.29, 0.717) is 36.8 Å². The highest BCUT2D eigenvalue weighted by atomic mass is 16.5. The lowest BCUT2D eigenvalue weighted by atomic mass is 9.93. The number of nitrogens with zero attached hydrogens (tertiary/aromatic N) is 5. The van der Waals surface area contributed by atoms with Crippen LogP contribution in [0.25, 0.3) is 5.78 Å². The van der Waals surface area contributed by atoms with Gasteiger partial charge in [-0.25, -0.2) is 9.50 Å². The molecule has 6 rings (SSSR count). The molecule has 2 atom stereocenters. The summed E-state index contributed by atoms with van der Waals surface area (Å²) in [6.45, 7) is 0.645. The number of methoxy groups -OCH3 is 1. The SMILES string of the molecule is COc1ccc2cc1Oc1cc(ccc1O)CCC(=O)N[C@@H]1CN(C(=O)c3nc4ncccn4n3)C[C@@H]21. The van der Waals surface area contributed by atoms with Crippen molar-refractivity contribution in [1.29, 1.82) is 0 Å². The number of aromatic nitrogens is 4. The van der Waals surface area contributed by atoms with E-state index >= 15 is 0 Å². The largest absolute Gasteiger partial charge is 0.504 e. The van der Waals surface area contributed by atoms with Crippen molar-refractivity contribution in [2.24, 2.45) is 0 Å². The molecule has 11 nitrogen and oxygen atoms in total. The van der Waals surface area contributed by atoms with Gasteiger partial charge in [0.25, 0.3) is 11.7 Å². The van der Waals surface area contributed by atoms with E-state index in [4.69, 9.17) is 9.47 Å². The van der Waals surface area contributed by atoms with Crippen LogP contribution in [0.1, 0.15) is 34.1 Å². The molecule has 11 heteroatoms. The molecule has 37 heavy (non-hydrogen) atoms. The fourth-order valence-corrected chi connectivity index (χ4v) is 4.87. The van der Waals surface area contributed by atoms with Gasteiger partial charge in [-0.3, -0.25) is 9.59 Å². The molecule has 2 amide bonds. The van der Waals surface area contributed by atoms with Crippen molar-refractivity contribution in [2.45, 2.75) is 24.8 Å². The molecule has 4 heterocycles. The van der Waals surface area contributed by atoms with Gasteiger partial charge in [0, 0.05) is 37.8 Å². The summed E-state index contributed by atoms with van der Waals surface area (Å²) in [6.07, 6.45) is 3.99. The summed E-state index contributed by atoms with van der Waals surface area (Å²) in [5, 5.41) is 17.8. The van der Waals surface area contributed by atoms with Crippen LogP contribution in [0.3, 0.4) is 0 Å². The van der Waals surface area contributed by atoms with Crippen molar-refractivity contribution in [3.63, 3.8) is 0 Å². The molecule has 4 aromatic rings. The summed E-state index contributed by atoms with van der Waals surface area (Å²) in [5.74, 6) is 0.899. The Labute approximate surface area is 211 Å². The van der Waals surface area contributed by atoms with E-state index < -0.39 is 0 Å². The fourth-order valence-electron chi connectivity index (χ4n) is 4.87. The van der Waals surface area contributed by atoms with Crippen LogP contribution >= 0.6 is 0 Å². The molecule has 2 aliphatic rings. The van der Waals surface area contributed by atoms with Gasteiger partial charge in [0.2, 0.25) is 11.7 Å². The average molecular weight is 501 g/mol. The van der Waals surface area contributed by atoms with E-state index in [1.54, 1.807) is 54.7 Å². The number of carbonyl (C=O) groups is 2. The molecule has 188 valence electrons. The lowest BCUT2D eigenvalue weighted by molar-refractivity contribution is -0.121. The Hall–Kier alpha value is -4.67. The molecule has 2 aromatic carbocycles. The first kappa shape index (κ1) is 22.8. The third kappa shape index (κ3) is 4.28. The van der Waals surface area contributed by atoms with Crippen molar-refractivity contribution in [2.75, 3.05) is 20.2 Å². The van der Waals surface area contributed by atoms with E-state index in [9.17, 15) is 14.7 Å². The number of carbonyl (C=O) groups excluding carboxylic acids is 2. The van der Waals surface area contributed by atoms with Gasteiger partial charge in [-0.05, 0) is 47.9 Å². The van der Waals surface area contributed by atoms with Gasteiger partial charge < -0.3 is 24.8 Å². The van der Waals surface area contributed by atoms with Crippen molar-refractivity contribution < 1.29 is 24.2 Å². The van der Waals surface area contributed by atoms with Crippen molar-refractivity contribution in [3.05, 3.63) is 71.8 Å². The summed E-state index contributed by atoms with van der Waals surface area (Å²) >= 11 is 0. The molecular weight excluding hydrogens is 476 g/mol. The second kappa shape index (κ2) is 9.08. The number of phenols is 1. The standard InChI is InChI=1S/C26H24N6O5/c1-36-20-7-5-16-12-22(20)37-21-11-15(3-6-19(21)33)4-8-23(34)28-18-14-31(13-17(16)18)25(35)24-29-26-27-9-2-10-32(26)30-24/h2-3,5-7,9-12,17-18,33H,4,8,13-14H2,1H3,(H,28,34)/t17-,18+/m0/s1. The number of phenolic OH excluding ortho intramolecular Hbond substituents is 1. The van der Waals surface area contributed by atoms with Crippen LogP contribution < -0.4 is 14.8 Å². The van der Waals surface area contributed by atoms with E-state index in [-0.39, 0.29) is 47.5 Å². The summed E-state index contributed by atoms with van der Waals surface area (Å²) in [4.78, 5) is 36.3. The molecule has 4 bridgehead atoms. The number of aromatic hydroxyl groups is 1. The summed E-state index contributed by atoms with van der Waals surface area (Å²) < 4.78 is 13.0. The number of hydrogen-bond acceptors (Lipinski definition) is 8. The minimum atomic E-state index is -0.335. The third-order valence-corrected chi connectivity index (χ3v) is 6.76. The Kier molecular flexibility index (Phi) is 5.59. The second-order valence-electron chi connectivity index (χ2n) is 9.10. The fraction of sp³-hybridized carbons (Fsp3) is 0.269. The molecule has 0 spiro atoms. The minimum absolute atomic E-state index is 0.0134. The third-order valence-electron chi connectivity index (χ3n) is 6.76. The number of hydrogen-bond donors (Lipinski definition) is 2. The minimum Gasteiger partial charge on any atom is -0.504 e. The first-order valence-electron chi connectivity index (χ1n) is 11.9. The zero-order valence-electron chi connectivity index (χ0n) is 20.0. The summed E-state index contributed by atoms with van der Waals surface area (Å²) in [7, 11) is 1.54. The van der Waals surface area contributed by atoms with Gasteiger partial charge in [0.15, 0.2) is 23.0 Å². The van der Waals surface area contributed by atoms with Gasteiger partial charge in [0.1, 0.15) is 0 Å². The van der Waals surface area contributed by atoms with Crippen molar-refractivity contribution in [1.82, 2.24) is 29.8 Å². The van der Waals surface area contributed by atoms with Gasteiger partial charge >= 0.3 is 0 Å². The maximum absolute atomic E-state index is 13.4. The van der Waals surface area contributed by atoms with Crippen LogP contribution in [0.15, 0.2) is 54.9 Å². The highest BCUT2D eigenvalue weighted by Gasteiger charge is 2.39. The van der Waals surface area contributed by atoms with E-state index in [0.717, 1.165) is 11.1 Å². The van der Waals surface area contributed by atoms with Gasteiger partial charge in [-0.2, -0.15) is 4.98 Å². The molecule has 0 aliphatic carbocycles. The molecule has 0 saturated carbocycles. The number of amides is 2. The highest BCUT2D eigenvalue weighted by Crippen LogP contribution is 2.40. The van der Waals surface area contributed by atoms with Crippen LogP contribution in [0.4, 0.5) is 0 Å². The van der Waals surface area contributed by atoms with Crippen LogP contribution in [-0.2, 0) is 11.2 Å². The zero-order valence-corrected chi connectivity index (χ0v) is 20.0. The quantitative estimate of drug-likeness (QED) is 0.429. The number of benzene rings is 2. The Morgan fingerprint density at radius 3 is 2.89 bits per heavy atom. The number of likely N-dealkylation sites (tertiary alicyclic amines) is 1. The lowest BCUT2D eigenvalue weighted by Gasteiger charge is -2.21. The van der Waals surface area contributed by atoms with Crippen LogP contribution in [0, 0.1) is 0 Å². The first-order chi connectivity index (χ1) is 18.0. The monoisotopic (exact) mass is 500 g/mol. The number of ether oxygens (including phenoxy) is 2. The van der Waals surface area contributed by atoms with Gasteiger partial charge in [-0.15, -0.1) is 5.10 Å². The first-order valence-corrected chi connectivity index (χ1v) is 11.9. The molecule has 2 aliphatic heterocycles. The summed E-state index contributed by atoms with van der Waals surface area (Å²) in [5.41, 5.74) is 1.71. The van der Waals surface area contributed by atoms with Crippen LogP contribution in [0.2, 0.25) is 0 Å². The number of fused-ring (bicyclic) bond motifs is 7. The number of rotatable bonds is 2. The highest BCUT2D eigenvalue weighted by molar-refractivity contribution is 5.91. The van der Waals surface area contributed by atoms with Crippen molar-refractivity contribution >= 4 is 17.6 Å². The van der Waals surface area contributed by atoms with Crippen LogP contribution in [-0.4, -0.2) is 67.6 Å². The Morgan fingerprint density at radius 1 is 1.16 bits per heavy atom. The van der Waals surface area contributed by atoms with Gasteiger partial charge in [0.05, 0.1) is 13.2 Å². The van der Waals surface area contributed by atoms with Gasteiger partial charge in [-0.1, -0.05) is 12.1 Å². The van der Waals surface area contributed by atoms with E-state index in [1.807, 2.05) is 12.1 Å². The normalized spacial score (nSPS) is 19.2. The maximum Gasteiger partial charge on any atom is 0.293 e. The predicted octanol–water partition coefficient (Wildman–Crippen LogP) is 2.30. The molecule has 0 radical (unpaired) electrons. The van der Waals surface area contributed by atoms with Crippen molar-refractivity contribution in [3.8, 4) is 23.0 Å². The Morgan fingerprint density at radius 2 is 2.05 bits per heavy atom. The van der Waals surface area contributed by atoms with E-state index in [1.165, 1.54) is 4.52 Å². The zero-order chi connectivity index (χ0) is 25.5. The molecular formula is C26H24N6O5. The molecule has 0 unspecified atom stereocenters. The Balaban J connectivity index is 1.36. The summed E-state index contributed by atoms with van der Waals surface area (Å²) in [6, 6.07) is 11.9. The molecule has 2 N–H and O–H groups in total. The Bertz CT molecular complexity index is 1490. The molecule has 1 fully saturated rings. The van der Waals surface area contributed by atoms with E-state index in [2.05, 4.69) is 20.4 Å². The average Bonchev–Trinajstić information content (AvgIpc) is 3.53. The molecule has 1 saturated heterocycles.